The number of carbonyl (C=O) groups excluding carboxylic acids is 1. The van der Waals surface area contributed by atoms with Crippen molar-refractivity contribution in [3.8, 4) is 0 Å². The molecule has 0 unspecified atom stereocenters. The van der Waals surface area contributed by atoms with Crippen molar-refractivity contribution in [1.29, 1.82) is 0 Å². The van der Waals surface area contributed by atoms with Crippen LogP contribution in [-0.2, 0) is 4.79 Å². The van der Waals surface area contributed by atoms with Crippen molar-refractivity contribution in [2.75, 3.05) is 37.8 Å². The van der Waals surface area contributed by atoms with E-state index in [0.29, 0.717) is 18.0 Å². The molecule has 8 heteroatoms. The van der Waals surface area contributed by atoms with Crippen LogP contribution in [0.25, 0.3) is 10.2 Å². The molecule has 30 heavy (non-hydrogen) atoms. The van der Waals surface area contributed by atoms with Gasteiger partial charge in [-0.2, -0.15) is 0 Å². The van der Waals surface area contributed by atoms with Gasteiger partial charge >= 0.3 is 0 Å². The number of hydrogen-bond donors (Lipinski definition) is 0. The van der Waals surface area contributed by atoms with Crippen molar-refractivity contribution in [2.45, 2.75) is 24.7 Å². The summed E-state index contributed by atoms with van der Waals surface area (Å²) in [6, 6.07) is 11.6. The predicted molar refractivity (Wildman–Crippen MR) is 132 cm³/mol. The van der Waals surface area contributed by atoms with Crippen LogP contribution in [-0.4, -0.2) is 48.7 Å². The molecule has 1 aromatic heterocycles. The van der Waals surface area contributed by atoms with E-state index in [9.17, 15) is 4.79 Å². The molecule has 0 bridgehead atoms. The zero-order chi connectivity index (χ0) is 21.7. The first-order valence-corrected chi connectivity index (χ1v) is 12.3. The Kier molecular flexibility index (Phi) is 8.43. The molecule has 2 aromatic carbocycles. The van der Waals surface area contributed by atoms with Crippen molar-refractivity contribution < 1.29 is 4.79 Å². The van der Waals surface area contributed by atoms with Gasteiger partial charge in [-0.25, -0.2) is 4.98 Å². The molecule has 0 N–H and O–H groups in total. The molecule has 0 fully saturated rings. The van der Waals surface area contributed by atoms with Gasteiger partial charge in [0.2, 0.25) is 5.91 Å². The molecule has 0 aliphatic carbocycles. The van der Waals surface area contributed by atoms with Crippen molar-refractivity contribution in [1.82, 2.24) is 9.88 Å². The van der Waals surface area contributed by atoms with Gasteiger partial charge in [-0.15, -0.1) is 11.8 Å². The van der Waals surface area contributed by atoms with Gasteiger partial charge in [-0.3, -0.25) is 9.69 Å². The number of carbonyl (C=O) groups is 1. The van der Waals surface area contributed by atoms with E-state index >= 15 is 0 Å². The number of benzene rings is 2. The molecule has 0 saturated carbocycles. The van der Waals surface area contributed by atoms with Gasteiger partial charge in [0, 0.05) is 34.5 Å². The summed E-state index contributed by atoms with van der Waals surface area (Å²) in [6.07, 6.45) is 1.30. The van der Waals surface area contributed by atoms with Crippen LogP contribution in [0.2, 0.25) is 10.0 Å². The van der Waals surface area contributed by atoms with E-state index in [0.717, 1.165) is 49.5 Å². The molecular weight excluding hydrogens is 457 g/mol. The van der Waals surface area contributed by atoms with Crippen LogP contribution in [0.4, 0.5) is 5.13 Å². The van der Waals surface area contributed by atoms with Gasteiger partial charge < -0.3 is 4.90 Å². The normalized spacial score (nSPS) is 11.4. The van der Waals surface area contributed by atoms with Crippen LogP contribution in [0.5, 0.6) is 0 Å². The topological polar surface area (TPSA) is 36.4 Å². The zero-order valence-corrected chi connectivity index (χ0v) is 20.5. The lowest BCUT2D eigenvalue weighted by atomic mass is 10.2. The second-order valence-corrected chi connectivity index (χ2v) is 10.4. The van der Waals surface area contributed by atoms with Crippen molar-refractivity contribution in [2.24, 2.45) is 0 Å². The average Bonchev–Trinajstić information content (AvgIpc) is 3.10. The van der Waals surface area contributed by atoms with Gasteiger partial charge in [0.15, 0.2) is 5.13 Å². The summed E-state index contributed by atoms with van der Waals surface area (Å²) in [5.74, 6) is 0.986. The van der Waals surface area contributed by atoms with E-state index in [-0.39, 0.29) is 5.91 Å². The third kappa shape index (κ3) is 6.34. The fourth-order valence-corrected chi connectivity index (χ4v) is 5.41. The smallest absolute Gasteiger partial charge is 0.228 e. The van der Waals surface area contributed by atoms with E-state index in [1.54, 1.807) is 11.8 Å². The summed E-state index contributed by atoms with van der Waals surface area (Å²) in [5, 5.41) is 2.17. The fraction of sp³-hybridized carbons (Fsp3) is 0.364. The maximum Gasteiger partial charge on any atom is 0.228 e. The molecule has 1 amide bonds. The molecular formula is C22H25Cl2N3OS2. The summed E-state index contributed by atoms with van der Waals surface area (Å²) in [4.78, 5) is 22.9. The summed E-state index contributed by atoms with van der Waals surface area (Å²) in [7, 11) is 4.02. The molecule has 0 aliphatic heterocycles. The lowest BCUT2D eigenvalue weighted by Gasteiger charge is -2.22. The van der Waals surface area contributed by atoms with Crippen LogP contribution in [0.3, 0.4) is 0 Å². The second kappa shape index (κ2) is 10.8. The Hall–Kier alpha value is -1.31. The number of nitrogens with zero attached hydrogens (tertiary/aromatic N) is 3. The monoisotopic (exact) mass is 481 g/mol. The van der Waals surface area contributed by atoms with Crippen LogP contribution in [0, 0.1) is 6.92 Å². The van der Waals surface area contributed by atoms with Crippen LogP contribution in [0.1, 0.15) is 18.4 Å². The maximum absolute atomic E-state index is 13.1. The summed E-state index contributed by atoms with van der Waals surface area (Å²) in [5.41, 5.74) is 1.94. The third-order valence-electron chi connectivity index (χ3n) is 4.56. The number of aromatic nitrogens is 1. The highest BCUT2D eigenvalue weighted by Crippen LogP contribution is 2.33. The number of thiazole rings is 1. The van der Waals surface area contributed by atoms with Gasteiger partial charge in [0.05, 0.1) is 10.2 Å². The first-order valence-electron chi connectivity index (χ1n) is 9.73. The number of likely N-dealkylation sites (N-methyl/N-ethyl adjacent to an activating group) is 1. The van der Waals surface area contributed by atoms with Gasteiger partial charge in [-0.05, 0) is 75.2 Å². The van der Waals surface area contributed by atoms with Crippen LogP contribution in [0.15, 0.2) is 41.3 Å². The first kappa shape index (κ1) is 23.4. The summed E-state index contributed by atoms with van der Waals surface area (Å²) < 4.78 is 1.01. The number of aryl methyl sites for hydroxylation is 1. The molecule has 0 radical (unpaired) electrons. The van der Waals surface area contributed by atoms with Crippen molar-refractivity contribution >= 4 is 67.6 Å². The Labute approximate surface area is 196 Å². The van der Waals surface area contributed by atoms with Crippen molar-refractivity contribution in [3.05, 3.63) is 52.0 Å². The highest BCUT2D eigenvalue weighted by Gasteiger charge is 2.20. The average molecular weight is 483 g/mol. The lowest BCUT2D eigenvalue weighted by molar-refractivity contribution is -0.118. The minimum Gasteiger partial charge on any atom is -0.308 e. The quantitative estimate of drug-likeness (QED) is 0.262. The highest BCUT2D eigenvalue weighted by molar-refractivity contribution is 7.99. The number of hydrogen-bond acceptors (Lipinski definition) is 5. The van der Waals surface area contributed by atoms with Crippen molar-refractivity contribution in [3.63, 3.8) is 0 Å². The second-order valence-electron chi connectivity index (χ2n) is 7.32. The molecule has 0 spiro atoms. The molecule has 4 nitrogen and oxygen atoms in total. The number of fused-ring (bicyclic) bond motifs is 1. The number of thioether (sulfide) groups is 1. The molecule has 0 saturated heterocycles. The van der Waals surface area contributed by atoms with Gasteiger partial charge in [-0.1, -0.05) is 34.5 Å². The minimum absolute atomic E-state index is 0.108. The highest BCUT2D eigenvalue weighted by atomic mass is 35.5. The molecule has 160 valence electrons. The van der Waals surface area contributed by atoms with Gasteiger partial charge in [0.1, 0.15) is 0 Å². The van der Waals surface area contributed by atoms with E-state index in [2.05, 4.69) is 4.90 Å². The Morgan fingerprint density at radius 1 is 1.10 bits per heavy atom. The largest absolute Gasteiger partial charge is 0.308 e. The molecule has 1 heterocycles. The van der Waals surface area contributed by atoms with Crippen LogP contribution >= 0.6 is 46.3 Å². The summed E-state index contributed by atoms with van der Waals surface area (Å²) >= 11 is 15.4. The molecule has 0 aliphatic rings. The lowest BCUT2D eigenvalue weighted by Crippen LogP contribution is -2.36. The zero-order valence-electron chi connectivity index (χ0n) is 17.3. The number of amides is 1. The minimum atomic E-state index is 0.108. The maximum atomic E-state index is 13.1. The number of anilines is 1. The first-order chi connectivity index (χ1) is 14.3. The Balaban J connectivity index is 1.67. The molecule has 3 rings (SSSR count). The number of halogens is 2. The third-order valence-corrected chi connectivity index (χ3v) is 7.15. The van der Waals surface area contributed by atoms with E-state index in [4.69, 9.17) is 28.2 Å². The van der Waals surface area contributed by atoms with Crippen LogP contribution < -0.4 is 4.90 Å². The standard InChI is InChI=1S/C22H25Cl2N3OS2/c1-15-13-17(24)14-19-21(15)25-22(30-19)27(11-10-26(2)3)20(28)5-4-12-29-18-8-6-16(23)7-9-18/h6-9,13-14H,4-5,10-12H2,1-3H3. The Morgan fingerprint density at radius 3 is 2.53 bits per heavy atom. The predicted octanol–water partition coefficient (Wildman–Crippen LogP) is 6.38. The van der Waals surface area contributed by atoms with E-state index in [1.165, 1.54) is 11.3 Å². The molecule has 0 atom stereocenters. The molecule has 3 aromatic rings. The van der Waals surface area contributed by atoms with Gasteiger partial charge in [0.25, 0.3) is 0 Å². The summed E-state index contributed by atoms with van der Waals surface area (Å²) in [6.45, 7) is 3.39. The Morgan fingerprint density at radius 2 is 1.83 bits per heavy atom. The Bertz CT molecular complexity index is 1010. The SMILES string of the molecule is Cc1cc(Cl)cc2sc(N(CCN(C)C)C(=O)CCCSc3ccc(Cl)cc3)nc12. The fourth-order valence-electron chi connectivity index (χ4n) is 2.96. The van der Waals surface area contributed by atoms with E-state index < -0.39 is 0 Å². The van der Waals surface area contributed by atoms with E-state index in [1.807, 2.05) is 62.3 Å². The number of rotatable bonds is 9.